The molecule has 1 aliphatic rings. The molecule has 0 heterocycles. The van der Waals surface area contributed by atoms with E-state index in [9.17, 15) is 5.11 Å². The highest BCUT2D eigenvalue weighted by Crippen LogP contribution is 2.70. The zero-order chi connectivity index (χ0) is 16.5. The lowest BCUT2D eigenvalue weighted by Crippen LogP contribution is -2.35. The Morgan fingerprint density at radius 2 is 1.86 bits per heavy atom. The van der Waals surface area contributed by atoms with Gasteiger partial charge in [0.15, 0.2) is 5.54 Å². The van der Waals surface area contributed by atoms with E-state index in [0.717, 1.165) is 11.1 Å². The molecule has 0 aliphatic heterocycles. The van der Waals surface area contributed by atoms with Crippen LogP contribution in [0.1, 0.15) is 13.8 Å². The summed E-state index contributed by atoms with van der Waals surface area (Å²) in [6, 6.07) is 0. The number of aliphatic imine (C=N–C) groups is 1. The monoisotopic (exact) mass is 289 g/mol. The highest BCUT2D eigenvalue weighted by atomic mass is 16.6. The maximum absolute atomic E-state index is 10.9. The highest BCUT2D eigenvalue weighted by molar-refractivity contribution is 5.55. The molecule has 0 amide bonds. The molecule has 3 unspecified atom stereocenters. The van der Waals surface area contributed by atoms with Crippen LogP contribution in [0.4, 0.5) is 0 Å². The van der Waals surface area contributed by atoms with E-state index in [1.165, 1.54) is 7.11 Å². The standard InChI is InChI=1S/C17H25N2O2/c1-9-13(2)10-11-14(3)15(4)16(5,17(15,20)21-8)19(7)12-18-6/h9-12,20H,1-3,7H2,4-6,8H3/q+1/b11-10-,18-12?. The third-order valence-electron chi connectivity index (χ3n) is 4.78. The molecule has 0 radical (unpaired) electrons. The molecule has 1 saturated carbocycles. The number of nitrogens with zero attached hydrogens (tertiary/aromatic N) is 2. The Labute approximate surface area is 127 Å². The number of allylic oxidation sites excluding steroid dienone is 4. The molecule has 3 atom stereocenters. The minimum atomic E-state index is -1.40. The fraction of sp³-hybridized carbons (Fsp3) is 0.412. The van der Waals surface area contributed by atoms with Gasteiger partial charge in [-0.15, -0.1) is 0 Å². The molecule has 4 heteroatoms. The Balaban J connectivity index is 3.23. The molecule has 114 valence electrons. The minimum Gasteiger partial charge on any atom is -0.361 e. The van der Waals surface area contributed by atoms with Gasteiger partial charge in [0.1, 0.15) is 7.05 Å². The molecule has 1 N–H and O–H groups in total. The average Bonchev–Trinajstić information content (AvgIpc) is 2.89. The van der Waals surface area contributed by atoms with Gasteiger partial charge in [-0.05, 0) is 25.0 Å². The first-order valence-electron chi connectivity index (χ1n) is 6.65. The van der Waals surface area contributed by atoms with Gasteiger partial charge < -0.3 is 9.84 Å². The Morgan fingerprint density at radius 1 is 1.29 bits per heavy atom. The van der Waals surface area contributed by atoms with E-state index in [0.29, 0.717) is 0 Å². The van der Waals surface area contributed by atoms with Crippen LogP contribution < -0.4 is 0 Å². The SMILES string of the molecule is C=CC(=C)/C=C\C(=C)C1(C)C(O)(OC)C1(C)[N+](=C)C=NC. The molecule has 1 aliphatic carbocycles. The quantitative estimate of drug-likeness (QED) is 0.257. The van der Waals surface area contributed by atoms with Gasteiger partial charge in [0.25, 0.3) is 6.34 Å². The third-order valence-corrected chi connectivity index (χ3v) is 4.78. The first kappa shape index (κ1) is 17.3. The van der Waals surface area contributed by atoms with Gasteiger partial charge in [-0.2, -0.15) is 0 Å². The van der Waals surface area contributed by atoms with Crippen molar-refractivity contribution in [3.8, 4) is 0 Å². The van der Waals surface area contributed by atoms with Crippen LogP contribution >= 0.6 is 0 Å². The summed E-state index contributed by atoms with van der Waals surface area (Å²) in [4.78, 5) is 3.95. The zero-order valence-corrected chi connectivity index (χ0v) is 13.4. The summed E-state index contributed by atoms with van der Waals surface area (Å²) >= 11 is 0. The Morgan fingerprint density at radius 3 is 2.29 bits per heavy atom. The second kappa shape index (κ2) is 5.54. The lowest BCUT2D eigenvalue weighted by Gasteiger charge is -2.14. The fourth-order valence-electron chi connectivity index (χ4n) is 2.94. The van der Waals surface area contributed by atoms with Gasteiger partial charge in [-0.1, -0.05) is 43.0 Å². The fourth-order valence-corrected chi connectivity index (χ4v) is 2.94. The normalized spacial score (nSPS) is 35.1. The van der Waals surface area contributed by atoms with Crippen LogP contribution in [0.2, 0.25) is 0 Å². The number of hydrogen-bond acceptors (Lipinski definition) is 3. The molecule has 0 spiro atoms. The van der Waals surface area contributed by atoms with Gasteiger partial charge in [0.05, 0.1) is 12.1 Å². The molecule has 0 aromatic carbocycles. The van der Waals surface area contributed by atoms with E-state index < -0.39 is 16.7 Å². The maximum atomic E-state index is 10.9. The van der Waals surface area contributed by atoms with Gasteiger partial charge in [0.2, 0.25) is 5.79 Å². The molecule has 4 nitrogen and oxygen atoms in total. The van der Waals surface area contributed by atoms with Crippen molar-refractivity contribution < 1.29 is 14.4 Å². The van der Waals surface area contributed by atoms with Crippen LogP contribution in [0.15, 0.2) is 54.1 Å². The maximum Gasteiger partial charge on any atom is 0.279 e. The lowest BCUT2D eigenvalue weighted by molar-refractivity contribution is -0.479. The van der Waals surface area contributed by atoms with Crippen LogP contribution in [0.25, 0.3) is 0 Å². The van der Waals surface area contributed by atoms with Crippen molar-refractivity contribution in [3.63, 3.8) is 0 Å². The number of methoxy groups -OCH3 is 1. The first-order chi connectivity index (χ1) is 9.67. The highest BCUT2D eigenvalue weighted by Gasteiger charge is 2.89. The number of aliphatic hydroxyl groups is 1. The van der Waals surface area contributed by atoms with Crippen LogP contribution in [0.5, 0.6) is 0 Å². The van der Waals surface area contributed by atoms with E-state index in [4.69, 9.17) is 4.74 Å². The van der Waals surface area contributed by atoms with Crippen molar-refractivity contribution in [2.24, 2.45) is 10.4 Å². The van der Waals surface area contributed by atoms with Crippen molar-refractivity contribution in [1.29, 1.82) is 0 Å². The van der Waals surface area contributed by atoms with E-state index in [2.05, 4.69) is 31.4 Å². The molecule has 0 bridgehead atoms. The predicted octanol–water partition coefficient (Wildman–Crippen LogP) is 2.33. The van der Waals surface area contributed by atoms with Gasteiger partial charge in [-0.3, -0.25) is 0 Å². The largest absolute Gasteiger partial charge is 0.361 e. The van der Waals surface area contributed by atoms with Gasteiger partial charge in [-0.25, -0.2) is 4.58 Å². The number of hydrogen-bond donors (Lipinski definition) is 1. The lowest BCUT2D eigenvalue weighted by atomic mass is 9.92. The summed E-state index contributed by atoms with van der Waals surface area (Å²) in [5.41, 5.74) is -0.0129. The molecule has 21 heavy (non-hydrogen) atoms. The van der Waals surface area contributed by atoms with E-state index in [1.54, 1.807) is 30.1 Å². The summed E-state index contributed by atoms with van der Waals surface area (Å²) in [6.45, 7) is 19.2. The molecule has 1 rings (SSSR count). The number of rotatable bonds is 7. The van der Waals surface area contributed by atoms with Crippen LogP contribution in [-0.4, -0.2) is 48.2 Å². The van der Waals surface area contributed by atoms with E-state index in [1.807, 2.05) is 19.9 Å². The average molecular weight is 289 g/mol. The van der Waals surface area contributed by atoms with Crippen LogP contribution in [0, 0.1) is 5.41 Å². The summed E-state index contributed by atoms with van der Waals surface area (Å²) in [5.74, 6) is -1.40. The zero-order valence-electron chi connectivity index (χ0n) is 13.4. The van der Waals surface area contributed by atoms with E-state index in [-0.39, 0.29) is 0 Å². The number of ether oxygens (including phenoxy) is 1. The summed E-state index contributed by atoms with van der Waals surface area (Å²) in [6.07, 6.45) is 6.83. The first-order valence-corrected chi connectivity index (χ1v) is 6.65. The molecule has 0 saturated heterocycles. The smallest absolute Gasteiger partial charge is 0.279 e. The Bertz CT molecular complexity index is 561. The summed E-state index contributed by atoms with van der Waals surface area (Å²) in [5, 5.41) is 10.9. The second-order valence-electron chi connectivity index (χ2n) is 5.53. The summed E-state index contributed by atoms with van der Waals surface area (Å²) in [7, 11) is 3.12. The minimum absolute atomic E-state index is 0.718. The molecule has 0 aromatic rings. The van der Waals surface area contributed by atoms with Crippen molar-refractivity contribution >= 4 is 13.1 Å². The summed E-state index contributed by atoms with van der Waals surface area (Å²) < 4.78 is 6.99. The van der Waals surface area contributed by atoms with Crippen LogP contribution in [-0.2, 0) is 4.74 Å². The molecule has 1 fully saturated rings. The van der Waals surface area contributed by atoms with E-state index >= 15 is 0 Å². The Kier molecular flexibility index (Phi) is 4.56. The van der Waals surface area contributed by atoms with Crippen molar-refractivity contribution in [3.05, 3.63) is 49.1 Å². The van der Waals surface area contributed by atoms with Gasteiger partial charge >= 0.3 is 0 Å². The predicted molar refractivity (Wildman–Crippen MR) is 87.9 cm³/mol. The molecular formula is C17H25N2O2+. The van der Waals surface area contributed by atoms with Crippen LogP contribution in [0.3, 0.4) is 0 Å². The third kappa shape index (κ3) is 2.06. The Hall–Kier alpha value is -1.78. The van der Waals surface area contributed by atoms with Crippen molar-refractivity contribution in [1.82, 2.24) is 0 Å². The second-order valence-corrected chi connectivity index (χ2v) is 5.53. The van der Waals surface area contributed by atoms with Crippen molar-refractivity contribution in [2.45, 2.75) is 25.2 Å². The van der Waals surface area contributed by atoms with Gasteiger partial charge in [0, 0.05) is 7.11 Å². The topological polar surface area (TPSA) is 44.8 Å². The molecule has 0 aromatic heterocycles. The molecular weight excluding hydrogens is 264 g/mol. The van der Waals surface area contributed by atoms with Crippen molar-refractivity contribution in [2.75, 3.05) is 14.2 Å².